The fraction of sp³-hybridized carbons (Fsp3) is 0.300. The van der Waals surface area contributed by atoms with E-state index in [4.69, 9.17) is 5.26 Å². The second-order valence-corrected chi connectivity index (χ2v) is 4.34. The van der Waals surface area contributed by atoms with Gasteiger partial charge in [0.2, 0.25) is 0 Å². The molecule has 0 aliphatic heterocycles. The molecule has 0 aliphatic rings. The van der Waals surface area contributed by atoms with Crippen molar-refractivity contribution < 1.29 is 4.21 Å². The van der Waals surface area contributed by atoms with Gasteiger partial charge in [-0.15, -0.1) is 0 Å². The van der Waals surface area contributed by atoms with Gasteiger partial charge < -0.3 is 0 Å². The lowest BCUT2D eigenvalue weighted by molar-refractivity contribution is 0.683. The Kier molecular flexibility index (Phi) is 3.66. The normalized spacial score (nSPS) is 12.0. The lowest BCUT2D eigenvalue weighted by Crippen LogP contribution is -1.97. The Labute approximate surface area is 80.7 Å². The molecule has 0 N–H and O–H groups in total. The van der Waals surface area contributed by atoms with Crippen molar-refractivity contribution in [1.29, 1.82) is 5.26 Å². The fourth-order valence-electron chi connectivity index (χ4n) is 1.01. The fourth-order valence-corrected chi connectivity index (χ4v) is 2.07. The molecule has 0 spiro atoms. The maximum atomic E-state index is 11.5. The number of rotatable bonds is 3. The molecule has 0 amide bonds. The molecule has 1 aromatic rings. The molecule has 68 valence electrons. The first-order chi connectivity index (χ1) is 6.24. The van der Waals surface area contributed by atoms with E-state index in [0.717, 1.165) is 10.5 Å². The van der Waals surface area contributed by atoms with E-state index in [1.165, 1.54) is 0 Å². The smallest absolute Gasteiger partial charge is 0.0631 e. The molecule has 0 heterocycles. The predicted octanol–water partition coefficient (Wildman–Crippen LogP) is 2.02. The van der Waals surface area contributed by atoms with Crippen LogP contribution in [0.5, 0.6) is 0 Å². The third-order valence-electron chi connectivity index (χ3n) is 1.65. The molecule has 0 aliphatic carbocycles. The monoisotopic (exact) mass is 193 g/mol. The average Bonchev–Trinajstić information content (AvgIpc) is 2.14. The molecule has 0 saturated carbocycles. The molecular weight excluding hydrogens is 182 g/mol. The van der Waals surface area contributed by atoms with Gasteiger partial charge in [-0.3, -0.25) is 4.21 Å². The van der Waals surface area contributed by atoms with Crippen LogP contribution < -0.4 is 0 Å². The zero-order chi connectivity index (χ0) is 9.68. The largest absolute Gasteiger partial charge is 0.254 e. The quantitative estimate of drug-likeness (QED) is 0.736. The number of benzene rings is 1. The lowest BCUT2D eigenvalue weighted by Gasteiger charge is -1.99. The minimum atomic E-state index is -1.02. The van der Waals surface area contributed by atoms with Crippen LogP contribution in [0.15, 0.2) is 29.2 Å². The van der Waals surface area contributed by atoms with Gasteiger partial charge in [0.25, 0.3) is 0 Å². The van der Waals surface area contributed by atoms with Crippen LogP contribution in [-0.2, 0) is 10.8 Å². The van der Waals surface area contributed by atoms with E-state index < -0.39 is 10.8 Å². The molecule has 1 atom stereocenters. The molecule has 3 heteroatoms. The molecule has 0 saturated heterocycles. The molecule has 1 aromatic carbocycles. The molecule has 2 nitrogen and oxygen atoms in total. The van der Waals surface area contributed by atoms with E-state index in [0.29, 0.717) is 12.2 Å². The van der Waals surface area contributed by atoms with Crippen molar-refractivity contribution in [3.05, 3.63) is 29.8 Å². The number of hydrogen-bond acceptors (Lipinski definition) is 2. The second kappa shape index (κ2) is 4.78. The van der Waals surface area contributed by atoms with Gasteiger partial charge in [0, 0.05) is 17.1 Å². The third-order valence-corrected chi connectivity index (χ3v) is 3.01. The van der Waals surface area contributed by atoms with E-state index in [1.807, 2.05) is 37.3 Å². The van der Waals surface area contributed by atoms with E-state index >= 15 is 0 Å². The van der Waals surface area contributed by atoms with Crippen molar-refractivity contribution in [3.8, 4) is 6.07 Å². The van der Waals surface area contributed by atoms with Crippen molar-refractivity contribution in [2.75, 3.05) is 5.75 Å². The standard InChI is InChI=1S/C10H11NOS/c1-9-4-2-5-10(8-9)13(12)7-3-6-11/h2,4-5,8H,3,7H2,1H3. The Morgan fingerprint density at radius 3 is 2.92 bits per heavy atom. The molecule has 0 fully saturated rings. The van der Waals surface area contributed by atoms with Gasteiger partial charge in [-0.2, -0.15) is 5.26 Å². The van der Waals surface area contributed by atoms with Crippen LogP contribution in [0.25, 0.3) is 0 Å². The van der Waals surface area contributed by atoms with Gasteiger partial charge >= 0.3 is 0 Å². The van der Waals surface area contributed by atoms with Gasteiger partial charge in [0.1, 0.15) is 0 Å². The summed E-state index contributed by atoms with van der Waals surface area (Å²) in [4.78, 5) is 0.815. The SMILES string of the molecule is Cc1cccc(S(=O)CCC#N)c1. The molecule has 0 aromatic heterocycles. The van der Waals surface area contributed by atoms with Crippen LogP contribution in [0.3, 0.4) is 0 Å². The van der Waals surface area contributed by atoms with Crippen LogP contribution in [0, 0.1) is 18.3 Å². The molecular formula is C10H11NOS. The first-order valence-electron chi connectivity index (χ1n) is 4.06. The highest BCUT2D eigenvalue weighted by Crippen LogP contribution is 2.09. The van der Waals surface area contributed by atoms with Crippen molar-refractivity contribution in [3.63, 3.8) is 0 Å². The number of nitrogens with zero attached hydrogens (tertiary/aromatic N) is 1. The highest BCUT2D eigenvalue weighted by Gasteiger charge is 2.02. The van der Waals surface area contributed by atoms with Crippen LogP contribution in [0.4, 0.5) is 0 Å². The summed E-state index contributed by atoms with van der Waals surface area (Å²) in [5, 5.41) is 8.33. The minimum Gasteiger partial charge on any atom is -0.254 e. The maximum Gasteiger partial charge on any atom is 0.0631 e. The predicted molar refractivity (Wildman–Crippen MR) is 52.7 cm³/mol. The summed E-state index contributed by atoms with van der Waals surface area (Å²) in [5.74, 6) is 0.431. The zero-order valence-electron chi connectivity index (χ0n) is 7.49. The molecule has 1 unspecified atom stereocenters. The number of nitriles is 1. The van der Waals surface area contributed by atoms with Crippen molar-refractivity contribution in [2.45, 2.75) is 18.2 Å². The van der Waals surface area contributed by atoms with Crippen molar-refractivity contribution in [1.82, 2.24) is 0 Å². The van der Waals surface area contributed by atoms with Gasteiger partial charge in [-0.1, -0.05) is 12.1 Å². The Hall–Kier alpha value is -1.14. The van der Waals surface area contributed by atoms with E-state index in [1.54, 1.807) is 0 Å². The summed E-state index contributed by atoms with van der Waals surface area (Å²) in [6, 6.07) is 9.57. The van der Waals surface area contributed by atoms with Gasteiger partial charge in [-0.25, -0.2) is 0 Å². The van der Waals surface area contributed by atoms with Crippen molar-refractivity contribution in [2.24, 2.45) is 0 Å². The van der Waals surface area contributed by atoms with Crippen molar-refractivity contribution >= 4 is 10.8 Å². The minimum absolute atomic E-state index is 0.348. The number of aryl methyl sites for hydroxylation is 1. The topological polar surface area (TPSA) is 40.9 Å². The lowest BCUT2D eigenvalue weighted by atomic mass is 10.2. The van der Waals surface area contributed by atoms with Crippen LogP contribution in [0.2, 0.25) is 0 Å². The maximum absolute atomic E-state index is 11.5. The van der Waals surface area contributed by atoms with Crippen LogP contribution in [-0.4, -0.2) is 9.96 Å². The molecule has 0 bridgehead atoms. The molecule has 1 rings (SSSR count). The highest BCUT2D eigenvalue weighted by molar-refractivity contribution is 7.85. The molecule has 13 heavy (non-hydrogen) atoms. The van der Waals surface area contributed by atoms with E-state index in [-0.39, 0.29) is 0 Å². The van der Waals surface area contributed by atoms with E-state index in [9.17, 15) is 4.21 Å². The van der Waals surface area contributed by atoms with Gasteiger partial charge in [-0.05, 0) is 24.6 Å². The Bertz CT molecular complexity index is 354. The second-order valence-electron chi connectivity index (χ2n) is 2.77. The van der Waals surface area contributed by atoms with Gasteiger partial charge in [0.05, 0.1) is 16.9 Å². The van der Waals surface area contributed by atoms with Crippen LogP contribution in [0.1, 0.15) is 12.0 Å². The van der Waals surface area contributed by atoms with Crippen LogP contribution >= 0.6 is 0 Å². The Morgan fingerprint density at radius 1 is 1.54 bits per heavy atom. The summed E-state index contributed by atoms with van der Waals surface area (Å²) in [6.45, 7) is 1.96. The van der Waals surface area contributed by atoms with E-state index in [2.05, 4.69) is 0 Å². The first-order valence-corrected chi connectivity index (χ1v) is 5.38. The third kappa shape index (κ3) is 3.00. The molecule has 0 radical (unpaired) electrons. The summed E-state index contributed by atoms with van der Waals surface area (Å²) in [6.07, 6.45) is 0.348. The number of hydrogen-bond donors (Lipinski definition) is 0. The summed E-state index contributed by atoms with van der Waals surface area (Å²) in [7, 11) is -1.02. The Balaban J connectivity index is 2.72. The highest BCUT2D eigenvalue weighted by atomic mass is 32.2. The summed E-state index contributed by atoms with van der Waals surface area (Å²) >= 11 is 0. The zero-order valence-corrected chi connectivity index (χ0v) is 8.30. The van der Waals surface area contributed by atoms with Gasteiger partial charge in [0.15, 0.2) is 0 Å². The Morgan fingerprint density at radius 2 is 2.31 bits per heavy atom. The summed E-state index contributed by atoms with van der Waals surface area (Å²) < 4.78 is 11.5. The summed E-state index contributed by atoms with van der Waals surface area (Å²) in [5.41, 5.74) is 1.10. The average molecular weight is 193 g/mol. The first kappa shape index (κ1) is 9.94.